The molecule has 1 aromatic carbocycles. The normalized spacial score (nSPS) is 18.2. The Bertz CT molecular complexity index is 383. The van der Waals surface area contributed by atoms with E-state index in [1.807, 2.05) is 19.1 Å². The van der Waals surface area contributed by atoms with Gasteiger partial charge in [0.1, 0.15) is 6.67 Å². The number of rotatable bonds is 3. The molecule has 5 heteroatoms. The van der Waals surface area contributed by atoms with Gasteiger partial charge < -0.3 is 5.32 Å². The van der Waals surface area contributed by atoms with Crippen molar-refractivity contribution in [3.8, 4) is 0 Å². The number of hydrogen-bond acceptors (Lipinski definition) is 2. The summed E-state index contributed by atoms with van der Waals surface area (Å²) in [6, 6.07) is 6.02. The molecular formula is C13H19BrClFN2. The zero-order valence-corrected chi connectivity index (χ0v) is 12.9. The van der Waals surface area contributed by atoms with Gasteiger partial charge in [0.2, 0.25) is 0 Å². The average Bonchev–Trinajstić information content (AvgIpc) is 2.34. The Balaban J connectivity index is 0.00000162. The molecule has 0 aromatic heterocycles. The smallest absolute Gasteiger partial charge is 0.109 e. The maximum atomic E-state index is 13.3. The van der Waals surface area contributed by atoms with Crippen LogP contribution >= 0.6 is 28.3 Å². The highest BCUT2D eigenvalue weighted by atomic mass is 79.9. The molecule has 0 aliphatic carbocycles. The molecule has 1 fully saturated rings. The predicted octanol–water partition coefficient (Wildman–Crippen LogP) is 3.10. The molecule has 0 amide bonds. The van der Waals surface area contributed by atoms with Gasteiger partial charge in [0, 0.05) is 30.7 Å². The topological polar surface area (TPSA) is 15.3 Å². The van der Waals surface area contributed by atoms with Gasteiger partial charge in [-0.25, -0.2) is 4.39 Å². The molecule has 1 saturated heterocycles. The van der Waals surface area contributed by atoms with Crippen LogP contribution in [-0.2, 0) is 0 Å². The lowest BCUT2D eigenvalue weighted by atomic mass is 10.0. The quantitative estimate of drug-likeness (QED) is 0.912. The zero-order chi connectivity index (χ0) is 12.3. The molecule has 0 bridgehead atoms. The van der Waals surface area contributed by atoms with Crippen LogP contribution in [0.3, 0.4) is 0 Å². The third-order valence-corrected chi connectivity index (χ3v) is 3.94. The largest absolute Gasteiger partial charge is 0.314 e. The number of nitrogens with zero attached hydrogens (tertiary/aromatic N) is 1. The van der Waals surface area contributed by atoms with Crippen molar-refractivity contribution in [3.63, 3.8) is 0 Å². The van der Waals surface area contributed by atoms with Gasteiger partial charge in [0.25, 0.3) is 0 Å². The Morgan fingerprint density at radius 2 is 2.06 bits per heavy atom. The van der Waals surface area contributed by atoms with Crippen molar-refractivity contribution in [2.75, 3.05) is 32.9 Å². The molecule has 1 atom stereocenters. The predicted molar refractivity (Wildman–Crippen MR) is 79.3 cm³/mol. The lowest BCUT2D eigenvalue weighted by Gasteiger charge is -2.34. The number of alkyl halides is 1. The van der Waals surface area contributed by atoms with E-state index in [1.54, 1.807) is 0 Å². The maximum absolute atomic E-state index is 13.3. The van der Waals surface area contributed by atoms with Crippen LogP contribution in [0.15, 0.2) is 22.7 Å². The van der Waals surface area contributed by atoms with Crippen molar-refractivity contribution in [2.24, 2.45) is 0 Å². The van der Waals surface area contributed by atoms with Crippen molar-refractivity contribution in [1.29, 1.82) is 0 Å². The summed E-state index contributed by atoms with van der Waals surface area (Å²) in [5, 5.41) is 3.29. The molecule has 102 valence electrons. The lowest BCUT2D eigenvalue weighted by molar-refractivity contribution is 0.147. The van der Waals surface area contributed by atoms with Crippen LogP contribution < -0.4 is 5.32 Å². The summed E-state index contributed by atoms with van der Waals surface area (Å²) >= 11 is 3.55. The van der Waals surface area contributed by atoms with Gasteiger partial charge in [0.15, 0.2) is 0 Å². The molecule has 1 aromatic rings. The second-order valence-corrected chi connectivity index (χ2v) is 5.34. The molecule has 2 rings (SSSR count). The summed E-state index contributed by atoms with van der Waals surface area (Å²) in [7, 11) is 0. The van der Waals surface area contributed by atoms with E-state index in [4.69, 9.17) is 0 Å². The number of benzene rings is 1. The van der Waals surface area contributed by atoms with Gasteiger partial charge in [0.05, 0.1) is 6.04 Å². The van der Waals surface area contributed by atoms with Gasteiger partial charge in [-0.3, -0.25) is 4.90 Å². The minimum Gasteiger partial charge on any atom is -0.314 e. The van der Waals surface area contributed by atoms with E-state index >= 15 is 0 Å². The lowest BCUT2D eigenvalue weighted by Crippen LogP contribution is -2.45. The molecule has 2 nitrogen and oxygen atoms in total. The van der Waals surface area contributed by atoms with Crippen molar-refractivity contribution in [1.82, 2.24) is 10.2 Å². The fourth-order valence-electron chi connectivity index (χ4n) is 2.27. The molecule has 0 spiro atoms. The second kappa shape index (κ2) is 7.43. The highest BCUT2D eigenvalue weighted by Crippen LogP contribution is 2.29. The summed E-state index contributed by atoms with van der Waals surface area (Å²) in [4.78, 5) is 2.21. The first-order chi connectivity index (χ1) is 8.22. The molecular weight excluding hydrogens is 319 g/mol. The van der Waals surface area contributed by atoms with Crippen molar-refractivity contribution in [2.45, 2.75) is 13.0 Å². The van der Waals surface area contributed by atoms with Gasteiger partial charge in [-0.2, -0.15) is 0 Å². The van der Waals surface area contributed by atoms with Crippen LogP contribution in [0, 0.1) is 6.92 Å². The molecule has 0 saturated carbocycles. The maximum Gasteiger partial charge on any atom is 0.109 e. The first-order valence-electron chi connectivity index (χ1n) is 5.99. The Morgan fingerprint density at radius 1 is 1.39 bits per heavy atom. The van der Waals surface area contributed by atoms with E-state index in [9.17, 15) is 4.39 Å². The number of halogens is 3. The van der Waals surface area contributed by atoms with E-state index in [1.165, 1.54) is 5.56 Å². The summed E-state index contributed by atoms with van der Waals surface area (Å²) in [6.45, 7) is 5.43. The van der Waals surface area contributed by atoms with Crippen molar-refractivity contribution in [3.05, 3.63) is 33.8 Å². The molecule has 1 heterocycles. The van der Waals surface area contributed by atoms with Gasteiger partial charge in [-0.05, 0) is 24.1 Å². The van der Waals surface area contributed by atoms with Crippen LogP contribution in [0.4, 0.5) is 4.39 Å². The summed E-state index contributed by atoms with van der Waals surface area (Å²) in [6.07, 6.45) is 0. The van der Waals surface area contributed by atoms with Crippen molar-refractivity contribution >= 4 is 28.3 Å². The highest BCUT2D eigenvalue weighted by Gasteiger charge is 2.23. The van der Waals surface area contributed by atoms with E-state index in [0.29, 0.717) is 0 Å². The first-order valence-corrected chi connectivity index (χ1v) is 6.78. The minimum atomic E-state index is -0.332. The van der Waals surface area contributed by atoms with Crippen LogP contribution in [0.5, 0.6) is 0 Å². The van der Waals surface area contributed by atoms with Crippen LogP contribution in [0.1, 0.15) is 17.2 Å². The number of hydrogen-bond donors (Lipinski definition) is 1. The van der Waals surface area contributed by atoms with Gasteiger partial charge in [-0.1, -0.05) is 28.1 Å². The third kappa shape index (κ3) is 3.67. The molecule has 18 heavy (non-hydrogen) atoms. The fourth-order valence-corrected chi connectivity index (χ4v) is 3.03. The molecule has 0 radical (unpaired) electrons. The van der Waals surface area contributed by atoms with Gasteiger partial charge in [-0.15, -0.1) is 12.4 Å². The average molecular weight is 338 g/mol. The third-order valence-electron chi connectivity index (χ3n) is 3.25. The Morgan fingerprint density at radius 3 is 2.61 bits per heavy atom. The zero-order valence-electron chi connectivity index (χ0n) is 10.5. The SMILES string of the molecule is Cc1ccc([C@H](CF)N2CCNCC2)c(Br)c1.Cl. The first kappa shape index (κ1) is 15.9. The number of nitrogens with one attached hydrogen (secondary N) is 1. The Kier molecular flexibility index (Phi) is 6.57. The van der Waals surface area contributed by atoms with E-state index in [0.717, 1.165) is 36.2 Å². The summed E-state index contributed by atoms with van der Waals surface area (Å²) in [5.41, 5.74) is 2.25. The molecule has 0 unspecified atom stereocenters. The van der Waals surface area contributed by atoms with E-state index < -0.39 is 0 Å². The minimum absolute atomic E-state index is 0. The van der Waals surface area contributed by atoms with Crippen LogP contribution in [0.25, 0.3) is 0 Å². The Labute approximate surface area is 122 Å². The number of piperazine rings is 1. The second-order valence-electron chi connectivity index (χ2n) is 4.48. The van der Waals surface area contributed by atoms with Gasteiger partial charge >= 0.3 is 0 Å². The monoisotopic (exact) mass is 336 g/mol. The van der Waals surface area contributed by atoms with Crippen LogP contribution in [-0.4, -0.2) is 37.8 Å². The van der Waals surface area contributed by atoms with Crippen LogP contribution in [0.2, 0.25) is 0 Å². The fraction of sp³-hybridized carbons (Fsp3) is 0.538. The Hall–Kier alpha value is -0.160. The molecule has 1 N–H and O–H groups in total. The molecule has 1 aliphatic rings. The van der Waals surface area contributed by atoms with E-state index in [2.05, 4.69) is 32.2 Å². The molecule has 1 aliphatic heterocycles. The highest BCUT2D eigenvalue weighted by molar-refractivity contribution is 9.10. The summed E-state index contributed by atoms with van der Waals surface area (Å²) in [5.74, 6) is 0. The van der Waals surface area contributed by atoms with E-state index in [-0.39, 0.29) is 25.1 Å². The summed E-state index contributed by atoms with van der Waals surface area (Å²) < 4.78 is 14.3. The standard InChI is InChI=1S/C13H18BrFN2.ClH/c1-10-2-3-11(12(14)8-10)13(9-15)17-6-4-16-5-7-17;/h2-3,8,13,16H,4-7,9H2,1H3;1H/t13-;/m0./s1. The number of aryl methyl sites for hydroxylation is 1. The van der Waals surface area contributed by atoms with Crippen molar-refractivity contribution < 1.29 is 4.39 Å².